The minimum Gasteiger partial charge on any atom is -0.338 e. The summed E-state index contributed by atoms with van der Waals surface area (Å²) in [4.78, 5) is 24.7. The number of urea groups is 1. The van der Waals surface area contributed by atoms with E-state index in [2.05, 4.69) is 30.9 Å². The number of rotatable bonds is 4. The highest BCUT2D eigenvalue weighted by molar-refractivity contribution is 6.33. The lowest BCUT2D eigenvalue weighted by Crippen LogP contribution is -2.28. The molecule has 0 aliphatic rings. The number of anilines is 3. The monoisotopic (exact) mass is 356 g/mol. The smallest absolute Gasteiger partial charge is 0.320 e. The number of nitrogens with zero attached hydrogens (tertiary/aromatic N) is 3. The number of pyridine rings is 1. The van der Waals surface area contributed by atoms with Gasteiger partial charge in [0.2, 0.25) is 0 Å². The summed E-state index contributed by atoms with van der Waals surface area (Å²) >= 11 is 6.23. The normalized spacial score (nSPS) is 10.5. The van der Waals surface area contributed by atoms with Crippen LogP contribution in [0, 0.1) is 6.92 Å². The molecule has 25 heavy (non-hydrogen) atoms. The molecule has 7 nitrogen and oxygen atoms in total. The second-order valence-electron chi connectivity index (χ2n) is 5.39. The maximum Gasteiger partial charge on any atom is 0.320 e. The van der Waals surface area contributed by atoms with Crippen molar-refractivity contribution in [1.82, 2.24) is 20.3 Å². The molecule has 0 saturated heterocycles. The maximum atomic E-state index is 11.6. The molecular formula is C17H17ClN6O. The Morgan fingerprint density at radius 3 is 2.72 bits per heavy atom. The maximum absolute atomic E-state index is 11.6. The van der Waals surface area contributed by atoms with Gasteiger partial charge in [0.25, 0.3) is 0 Å². The van der Waals surface area contributed by atoms with Crippen LogP contribution in [0.25, 0.3) is 11.2 Å². The molecule has 2 heterocycles. The zero-order valence-corrected chi connectivity index (χ0v) is 14.6. The molecule has 0 aliphatic heterocycles. The first kappa shape index (κ1) is 16.9. The van der Waals surface area contributed by atoms with Crippen LogP contribution in [0.4, 0.5) is 22.1 Å². The molecule has 8 heteroatoms. The Labute approximate surface area is 149 Å². The molecule has 0 unspecified atom stereocenters. The van der Waals surface area contributed by atoms with Crippen LogP contribution in [0.2, 0.25) is 5.02 Å². The van der Waals surface area contributed by atoms with Gasteiger partial charge in [-0.2, -0.15) is 0 Å². The molecule has 128 valence electrons. The minimum atomic E-state index is -0.317. The number of aromatic nitrogens is 3. The quantitative estimate of drug-likeness (QED) is 0.660. The first-order chi connectivity index (χ1) is 12.0. The van der Waals surface area contributed by atoms with Gasteiger partial charge in [0.1, 0.15) is 11.3 Å². The van der Waals surface area contributed by atoms with Crippen LogP contribution >= 0.6 is 11.6 Å². The highest BCUT2D eigenvalue weighted by Gasteiger charge is 2.07. The van der Waals surface area contributed by atoms with E-state index in [1.165, 1.54) is 0 Å². The van der Waals surface area contributed by atoms with Crippen molar-refractivity contribution >= 4 is 46.1 Å². The molecule has 3 aromatic rings. The zero-order valence-electron chi connectivity index (χ0n) is 13.8. The molecule has 0 saturated carbocycles. The summed E-state index contributed by atoms with van der Waals surface area (Å²) in [6, 6.07) is 8.81. The predicted octanol–water partition coefficient (Wildman–Crippen LogP) is 3.87. The highest BCUT2D eigenvalue weighted by atomic mass is 35.5. The van der Waals surface area contributed by atoms with E-state index in [0.717, 1.165) is 11.3 Å². The summed E-state index contributed by atoms with van der Waals surface area (Å²) < 4.78 is 0. The summed E-state index contributed by atoms with van der Waals surface area (Å²) in [5, 5.41) is 9.02. The highest BCUT2D eigenvalue weighted by Crippen LogP contribution is 2.26. The number of carbonyl (C=O) groups excluding carboxylic acids is 1. The molecule has 3 rings (SSSR count). The number of aryl methyl sites for hydroxylation is 1. The summed E-state index contributed by atoms with van der Waals surface area (Å²) in [5.41, 5.74) is 2.85. The summed E-state index contributed by atoms with van der Waals surface area (Å²) in [5.74, 6) is 0.916. The minimum absolute atomic E-state index is 0.317. The van der Waals surface area contributed by atoms with Crippen molar-refractivity contribution in [1.29, 1.82) is 0 Å². The Morgan fingerprint density at radius 1 is 1.16 bits per heavy atom. The second kappa shape index (κ2) is 7.31. The van der Waals surface area contributed by atoms with Crippen LogP contribution in [-0.2, 0) is 0 Å². The fourth-order valence-electron chi connectivity index (χ4n) is 2.21. The van der Waals surface area contributed by atoms with Crippen molar-refractivity contribution in [2.75, 3.05) is 17.2 Å². The van der Waals surface area contributed by atoms with E-state index in [0.29, 0.717) is 34.4 Å². The Hall–Kier alpha value is -2.93. The van der Waals surface area contributed by atoms with E-state index in [9.17, 15) is 4.79 Å². The topological polar surface area (TPSA) is 91.8 Å². The van der Waals surface area contributed by atoms with Crippen LogP contribution in [-0.4, -0.2) is 27.5 Å². The number of halogens is 1. The average Bonchev–Trinajstić information content (AvgIpc) is 2.57. The van der Waals surface area contributed by atoms with Crippen molar-refractivity contribution in [3.8, 4) is 0 Å². The van der Waals surface area contributed by atoms with E-state index in [4.69, 9.17) is 11.6 Å². The van der Waals surface area contributed by atoms with Gasteiger partial charge in [0.05, 0.1) is 16.9 Å². The van der Waals surface area contributed by atoms with Crippen molar-refractivity contribution < 1.29 is 4.79 Å². The predicted molar refractivity (Wildman–Crippen MR) is 99.5 cm³/mol. The van der Waals surface area contributed by atoms with Gasteiger partial charge in [-0.05, 0) is 43.7 Å². The molecule has 0 radical (unpaired) electrons. The van der Waals surface area contributed by atoms with E-state index in [-0.39, 0.29) is 6.03 Å². The average molecular weight is 357 g/mol. The molecule has 2 aromatic heterocycles. The number of benzene rings is 1. The first-order valence-corrected chi connectivity index (χ1v) is 8.15. The lowest BCUT2D eigenvalue weighted by atomic mass is 10.2. The Kier molecular flexibility index (Phi) is 4.95. The Morgan fingerprint density at radius 2 is 1.96 bits per heavy atom. The van der Waals surface area contributed by atoms with Crippen LogP contribution in [0.3, 0.4) is 0 Å². The van der Waals surface area contributed by atoms with Crippen molar-refractivity contribution in [3.63, 3.8) is 0 Å². The SMILES string of the molecule is CCNC(=O)Nc1ccc2ncc(Nc3ccc(C)cc3Cl)nc2n1. The number of carbonyl (C=O) groups is 1. The number of hydrogen-bond donors (Lipinski definition) is 3. The van der Waals surface area contributed by atoms with Crippen LogP contribution in [0.15, 0.2) is 36.5 Å². The molecule has 0 atom stereocenters. The molecule has 1 aromatic carbocycles. The van der Waals surface area contributed by atoms with Gasteiger partial charge in [-0.15, -0.1) is 0 Å². The Bertz CT molecular complexity index is 930. The molecule has 0 fully saturated rings. The van der Waals surface area contributed by atoms with Gasteiger partial charge in [-0.3, -0.25) is 5.32 Å². The third kappa shape index (κ3) is 4.13. The van der Waals surface area contributed by atoms with E-state index >= 15 is 0 Å². The fourth-order valence-corrected chi connectivity index (χ4v) is 2.49. The zero-order chi connectivity index (χ0) is 17.8. The molecule has 0 aliphatic carbocycles. The van der Waals surface area contributed by atoms with Gasteiger partial charge in [-0.1, -0.05) is 17.7 Å². The third-order valence-corrected chi connectivity index (χ3v) is 3.69. The fraction of sp³-hybridized carbons (Fsp3) is 0.176. The van der Waals surface area contributed by atoms with Crippen molar-refractivity contribution in [2.24, 2.45) is 0 Å². The van der Waals surface area contributed by atoms with E-state index in [1.54, 1.807) is 18.3 Å². The van der Waals surface area contributed by atoms with Gasteiger partial charge >= 0.3 is 6.03 Å². The second-order valence-corrected chi connectivity index (χ2v) is 5.79. The first-order valence-electron chi connectivity index (χ1n) is 7.77. The van der Waals surface area contributed by atoms with E-state index in [1.807, 2.05) is 32.0 Å². The van der Waals surface area contributed by atoms with Gasteiger partial charge in [-0.25, -0.2) is 19.7 Å². The largest absolute Gasteiger partial charge is 0.338 e. The van der Waals surface area contributed by atoms with Crippen molar-refractivity contribution in [3.05, 3.63) is 47.1 Å². The molecule has 0 spiro atoms. The third-order valence-electron chi connectivity index (χ3n) is 3.37. The standard InChI is InChI=1S/C17H17ClN6O/c1-3-19-17(25)24-14-7-6-13-16(22-14)23-15(9-20-13)21-12-5-4-10(2)8-11(12)18/h4-9H,3H2,1-2H3,(H3,19,21,22,23,24,25). The number of fused-ring (bicyclic) bond motifs is 1. The number of amides is 2. The molecular weight excluding hydrogens is 340 g/mol. The van der Waals surface area contributed by atoms with Crippen LogP contribution < -0.4 is 16.0 Å². The summed E-state index contributed by atoms with van der Waals surface area (Å²) in [7, 11) is 0. The lowest BCUT2D eigenvalue weighted by Gasteiger charge is -2.09. The molecule has 3 N–H and O–H groups in total. The number of hydrogen-bond acceptors (Lipinski definition) is 5. The van der Waals surface area contributed by atoms with Crippen molar-refractivity contribution in [2.45, 2.75) is 13.8 Å². The summed E-state index contributed by atoms with van der Waals surface area (Å²) in [6.07, 6.45) is 1.61. The van der Waals surface area contributed by atoms with Gasteiger partial charge in [0, 0.05) is 6.54 Å². The van der Waals surface area contributed by atoms with Gasteiger partial charge in [0.15, 0.2) is 11.5 Å². The molecule has 0 bridgehead atoms. The van der Waals surface area contributed by atoms with Gasteiger partial charge < -0.3 is 10.6 Å². The Balaban J connectivity index is 1.86. The molecule has 2 amide bonds. The summed E-state index contributed by atoms with van der Waals surface area (Å²) in [6.45, 7) is 4.34. The van der Waals surface area contributed by atoms with Crippen LogP contribution in [0.1, 0.15) is 12.5 Å². The van der Waals surface area contributed by atoms with Crippen LogP contribution in [0.5, 0.6) is 0 Å². The lowest BCUT2D eigenvalue weighted by molar-refractivity contribution is 0.252. The van der Waals surface area contributed by atoms with E-state index < -0.39 is 0 Å². The number of nitrogens with one attached hydrogen (secondary N) is 3.